The molecule has 4 heterocycles. The molecule has 2 aromatic carbocycles. The van der Waals surface area contributed by atoms with Crippen LogP contribution in [0.1, 0.15) is 53.3 Å². The molecule has 26 nitrogen and oxygen atoms in total. The van der Waals surface area contributed by atoms with Gasteiger partial charge in [-0.15, -0.1) is 0 Å². The Bertz CT molecular complexity index is 2770. The van der Waals surface area contributed by atoms with Crippen molar-refractivity contribution in [2.45, 2.75) is 57.8 Å². The first-order valence-corrected chi connectivity index (χ1v) is 22.3. The van der Waals surface area contributed by atoms with E-state index in [9.17, 15) is 48.6 Å². The predicted octanol–water partition coefficient (Wildman–Crippen LogP) is -0.216. The van der Waals surface area contributed by atoms with Gasteiger partial charge in [-0.25, -0.2) is 19.6 Å². The van der Waals surface area contributed by atoms with E-state index in [1.807, 2.05) is 0 Å². The molecule has 3 atom stereocenters. The van der Waals surface area contributed by atoms with Crippen molar-refractivity contribution in [2.24, 2.45) is 5.92 Å². The molecule has 1 unspecified atom stereocenters. The highest BCUT2D eigenvalue weighted by Gasteiger charge is 2.24. The van der Waals surface area contributed by atoms with Crippen LogP contribution in [0.5, 0.6) is 0 Å². The Labute approximate surface area is 398 Å². The first-order chi connectivity index (χ1) is 33.7. The Kier molecular flexibility index (Phi) is 17.9. The monoisotopic (exact) mass is 966 g/mol. The number of aryl methyl sites for hydroxylation is 2. The number of nitrogens with one attached hydrogen (secondary N) is 10. The molecule has 6 amide bonds. The number of carbonyl (C=O) groups is 8. The molecular weight excluding hydrogens is 913 g/mol. The Balaban J connectivity index is 0.840. The Morgan fingerprint density at radius 1 is 0.629 bits per heavy atom. The Morgan fingerprint density at radius 2 is 1.10 bits per heavy atom. The van der Waals surface area contributed by atoms with Crippen LogP contribution < -0.4 is 42.5 Å². The summed E-state index contributed by atoms with van der Waals surface area (Å²) < 4.78 is 3.61. The van der Waals surface area contributed by atoms with E-state index in [2.05, 4.69) is 72.7 Å². The largest absolute Gasteiger partial charge is 0.480 e. The van der Waals surface area contributed by atoms with Crippen LogP contribution in [0.25, 0.3) is 21.8 Å². The van der Waals surface area contributed by atoms with Gasteiger partial charge in [0.15, 0.2) is 11.9 Å². The minimum Gasteiger partial charge on any atom is -0.480 e. The number of imidazole rings is 2. The second kappa shape index (κ2) is 24.8. The maximum absolute atomic E-state index is 12.9. The molecular formula is C44H54N16O10. The highest BCUT2D eigenvalue weighted by atomic mass is 16.4. The van der Waals surface area contributed by atoms with Gasteiger partial charge in [-0.05, 0) is 55.7 Å². The third-order valence-corrected chi connectivity index (χ3v) is 10.8. The first kappa shape index (κ1) is 50.6. The molecule has 0 spiro atoms. The molecule has 370 valence electrons. The van der Waals surface area contributed by atoms with Gasteiger partial charge in [0.25, 0.3) is 11.8 Å². The normalized spacial score (nSPS) is 12.3. The van der Waals surface area contributed by atoms with Crippen molar-refractivity contribution in [3.63, 3.8) is 0 Å². The molecule has 0 saturated heterocycles. The summed E-state index contributed by atoms with van der Waals surface area (Å²) in [5.41, 5.74) is 2.11. The second-order valence-corrected chi connectivity index (χ2v) is 16.0. The average Bonchev–Trinajstić information content (AvgIpc) is 4.20. The van der Waals surface area contributed by atoms with Crippen molar-refractivity contribution in [1.29, 1.82) is 0 Å². The van der Waals surface area contributed by atoms with Crippen LogP contribution in [-0.4, -0.2) is 148 Å². The third kappa shape index (κ3) is 14.8. The molecule has 0 radical (unpaired) electrons. The van der Waals surface area contributed by atoms with E-state index in [-0.39, 0.29) is 24.0 Å². The molecule has 0 aliphatic heterocycles. The van der Waals surface area contributed by atoms with E-state index in [1.165, 1.54) is 6.92 Å². The molecule has 70 heavy (non-hydrogen) atoms. The number of carbonyl (C=O) groups excluding carboxylic acids is 6. The van der Waals surface area contributed by atoms with Crippen LogP contribution in [0.2, 0.25) is 0 Å². The van der Waals surface area contributed by atoms with Crippen molar-refractivity contribution in [3.05, 3.63) is 84.7 Å². The Morgan fingerprint density at radius 3 is 1.54 bits per heavy atom. The molecule has 0 bridgehead atoms. The van der Waals surface area contributed by atoms with Gasteiger partial charge >= 0.3 is 11.9 Å². The number of aliphatic carboxylic acids is 2. The maximum Gasteiger partial charge on any atom is 0.328 e. The topological polar surface area (TPSA) is 366 Å². The molecule has 4 aromatic heterocycles. The van der Waals surface area contributed by atoms with E-state index in [0.717, 1.165) is 23.9 Å². The molecule has 6 aromatic rings. The number of carboxylic acids is 2. The number of hydrogen-bond acceptors (Lipinski definition) is 14. The van der Waals surface area contributed by atoms with Gasteiger partial charge < -0.3 is 62.7 Å². The van der Waals surface area contributed by atoms with Crippen molar-refractivity contribution in [3.8, 4) is 0 Å². The molecule has 6 rings (SSSR count). The van der Waals surface area contributed by atoms with E-state index in [1.54, 1.807) is 82.9 Å². The van der Waals surface area contributed by atoms with Gasteiger partial charge in [-0.2, -0.15) is 10.2 Å². The number of hydrogen-bond donors (Lipinski definition) is 12. The smallest absolute Gasteiger partial charge is 0.328 e. The van der Waals surface area contributed by atoms with E-state index < -0.39 is 91.6 Å². The molecule has 12 N–H and O–H groups in total. The number of carboxylic acid groups (broad SMARTS) is 2. The van der Waals surface area contributed by atoms with Crippen LogP contribution in [-0.2, 0) is 41.9 Å². The standard InChI is InChI=1S/C44H54N16O10/c1-26(38(64)54-25-37(63)58-32(42(69)70)23-53-40(66)28-6-8-34-30(19-28)21-56-60(34)17-3-11-46-44-49-14-15-50-44)4-9-35(61)51-24-36(62)57-31(41(67)68)22-52-39(65)27-5-7-33-29(18-27)20-55-59(33)16-2-10-45-43-47-12-13-48-43/h5-8,12-15,18-21,26,31-32H,2-4,9-11,16-17,22-25H2,1H3,(H,51,61)(H,52,65)(H,53,66)(H,54,64)(H,57,62)(H,58,63)(H,67,68)(H,69,70)(H2,45,47,48)(H2,46,49,50)/t26?,31-,32-/m0/s1. The number of anilines is 2. The molecule has 0 saturated carbocycles. The number of nitrogens with zero attached hydrogens (tertiary/aromatic N) is 6. The van der Waals surface area contributed by atoms with Crippen LogP contribution in [0.15, 0.2) is 73.6 Å². The van der Waals surface area contributed by atoms with Gasteiger partial charge in [-0.1, -0.05) is 6.92 Å². The average molecular weight is 967 g/mol. The van der Waals surface area contributed by atoms with Crippen LogP contribution in [0.4, 0.5) is 11.9 Å². The highest BCUT2D eigenvalue weighted by molar-refractivity contribution is 5.99. The summed E-state index contributed by atoms with van der Waals surface area (Å²) in [4.78, 5) is 114. The first-order valence-electron chi connectivity index (χ1n) is 22.3. The number of amides is 6. The van der Waals surface area contributed by atoms with E-state index >= 15 is 0 Å². The third-order valence-electron chi connectivity index (χ3n) is 10.8. The predicted molar refractivity (Wildman–Crippen MR) is 251 cm³/mol. The zero-order chi connectivity index (χ0) is 50.0. The molecule has 0 fully saturated rings. The SMILES string of the molecule is CC(CCC(=O)NCC(=O)N[C@@H](CNC(=O)c1ccc2c(cnn2CCCNc2ncc[nH]2)c1)C(=O)O)C(=O)NCC(=O)N[C@@H](CNC(=O)c1ccc2c(cnn2CCCNc2ncc[nH]2)c1)C(=O)O. The fourth-order valence-electron chi connectivity index (χ4n) is 6.98. The van der Waals surface area contributed by atoms with Gasteiger partial charge in [0.05, 0.1) is 36.5 Å². The number of fused-ring (bicyclic) bond motifs is 2. The van der Waals surface area contributed by atoms with Gasteiger partial charge in [0.2, 0.25) is 23.6 Å². The zero-order valence-electron chi connectivity index (χ0n) is 38.0. The highest BCUT2D eigenvalue weighted by Crippen LogP contribution is 2.18. The van der Waals surface area contributed by atoms with Crippen LogP contribution >= 0.6 is 0 Å². The van der Waals surface area contributed by atoms with Gasteiger partial charge in [-0.3, -0.25) is 38.1 Å². The fraction of sp³-hybridized carbons (Fsp3) is 0.364. The van der Waals surface area contributed by atoms with Crippen LogP contribution in [0.3, 0.4) is 0 Å². The number of benzene rings is 2. The minimum atomic E-state index is -1.52. The summed E-state index contributed by atoms with van der Waals surface area (Å²) >= 11 is 0. The number of aromatic amines is 2. The maximum atomic E-state index is 12.9. The zero-order valence-corrected chi connectivity index (χ0v) is 38.0. The summed E-state index contributed by atoms with van der Waals surface area (Å²) in [7, 11) is 0. The summed E-state index contributed by atoms with van der Waals surface area (Å²) in [5.74, 6) is -6.36. The van der Waals surface area contributed by atoms with Crippen molar-refractivity contribution >= 4 is 81.1 Å². The van der Waals surface area contributed by atoms with E-state index in [0.29, 0.717) is 48.8 Å². The van der Waals surface area contributed by atoms with Crippen molar-refractivity contribution in [1.82, 2.24) is 71.4 Å². The second-order valence-electron chi connectivity index (χ2n) is 16.0. The number of rotatable bonds is 28. The lowest BCUT2D eigenvalue weighted by atomic mass is 10.0. The van der Waals surface area contributed by atoms with Gasteiger partial charge in [0, 0.05) is 98.3 Å². The summed E-state index contributed by atoms with van der Waals surface area (Å²) in [5, 5.41) is 50.1. The summed E-state index contributed by atoms with van der Waals surface area (Å²) in [6, 6.07) is 6.84. The molecule has 0 aliphatic carbocycles. The number of H-pyrrole nitrogens is 2. The lowest BCUT2D eigenvalue weighted by Crippen LogP contribution is -2.51. The minimum absolute atomic E-state index is 0.00159. The molecule has 26 heteroatoms. The van der Waals surface area contributed by atoms with Crippen molar-refractivity contribution < 1.29 is 48.6 Å². The van der Waals surface area contributed by atoms with E-state index in [4.69, 9.17) is 0 Å². The molecule has 0 aliphatic rings. The summed E-state index contributed by atoms with van der Waals surface area (Å²) in [6.45, 7) is 1.94. The van der Waals surface area contributed by atoms with Crippen molar-refractivity contribution in [2.75, 3.05) is 49.9 Å². The van der Waals surface area contributed by atoms with Crippen LogP contribution in [0, 0.1) is 5.92 Å². The quantitative estimate of drug-likeness (QED) is 0.0283. The lowest BCUT2D eigenvalue weighted by Gasteiger charge is -2.17. The fourth-order valence-corrected chi connectivity index (χ4v) is 6.98. The number of aromatic nitrogens is 8. The van der Waals surface area contributed by atoms with Gasteiger partial charge in [0.1, 0.15) is 12.1 Å². The Hall–Kier alpha value is -8.84. The summed E-state index contributed by atoms with van der Waals surface area (Å²) in [6.07, 6.45) is 11.3. The lowest BCUT2D eigenvalue weighted by molar-refractivity contribution is -0.142.